The highest BCUT2D eigenvalue weighted by atomic mass is 32.2. The minimum Gasteiger partial charge on any atom is -0.284 e. The molecule has 0 saturated heterocycles. The summed E-state index contributed by atoms with van der Waals surface area (Å²) in [6, 6.07) is 0. The van der Waals surface area contributed by atoms with Gasteiger partial charge in [0.2, 0.25) is 0 Å². The molecule has 0 fully saturated rings. The van der Waals surface area contributed by atoms with Crippen LogP contribution in [0.1, 0.15) is 0 Å². The van der Waals surface area contributed by atoms with Crippen molar-refractivity contribution in [3.8, 4) is 0 Å². The second-order valence-corrected chi connectivity index (χ2v) is 1.44. The third-order valence-corrected chi connectivity index (χ3v) is 0.231. The molecule has 0 aromatic carbocycles. The highest BCUT2D eigenvalue weighted by Gasteiger charge is 2.19. The normalized spacial score (nSPS) is 10.2. The number of halogens is 3. The van der Waals surface area contributed by atoms with Crippen molar-refractivity contribution in [1.29, 1.82) is 0 Å². The van der Waals surface area contributed by atoms with E-state index in [-0.39, 0.29) is 6.08 Å². The maximum absolute atomic E-state index is 10.7. The zero-order valence-corrected chi connectivity index (χ0v) is 5.45. The highest BCUT2D eigenvalue weighted by molar-refractivity contribution is 7.73. The Bertz CT molecular complexity index is 117. The Labute approximate surface area is 57.7 Å². The minimum atomic E-state index is -4.19. The largest absolute Gasteiger partial charge is 0.409 e. The van der Waals surface area contributed by atoms with E-state index in [0.717, 1.165) is 0 Å². The zero-order valence-electron chi connectivity index (χ0n) is 4.63. The van der Waals surface area contributed by atoms with Crippen molar-refractivity contribution in [2.75, 3.05) is 0 Å². The van der Waals surface area contributed by atoms with Crippen molar-refractivity contribution in [2.24, 2.45) is 0 Å². The topological polar surface area (TPSA) is 57.5 Å². The average molecular weight is 178 g/mol. The van der Waals surface area contributed by atoms with Crippen LogP contribution in [0.2, 0.25) is 0 Å². The third-order valence-electron chi connectivity index (χ3n) is 0.231. The Morgan fingerprint density at radius 1 is 1.40 bits per heavy atom. The Morgan fingerprint density at radius 3 is 1.50 bits per heavy atom. The lowest BCUT2D eigenvalue weighted by Crippen LogP contribution is -1.98. The summed E-state index contributed by atoms with van der Waals surface area (Å²) in [4.78, 5) is 0. The van der Waals surface area contributed by atoms with Crippen LogP contribution >= 0.6 is 0 Å². The first-order valence-electron chi connectivity index (χ1n) is 1.80. The van der Waals surface area contributed by atoms with Gasteiger partial charge in [-0.25, -0.2) is 0 Å². The minimum absolute atomic E-state index is 0.0625. The highest BCUT2D eigenvalue weighted by Crippen LogP contribution is 2.13. The summed E-state index contributed by atoms with van der Waals surface area (Å²) in [7, 11) is 0. The molecular formula is C3H5F3O3S. The molecule has 10 heavy (non-hydrogen) atoms. The van der Waals surface area contributed by atoms with E-state index in [0.29, 0.717) is 0 Å². The smallest absolute Gasteiger partial charge is 0.284 e. The molecule has 2 N–H and O–H groups in total. The van der Waals surface area contributed by atoms with Gasteiger partial charge in [0, 0.05) is 6.08 Å². The lowest BCUT2D eigenvalue weighted by molar-refractivity contribution is -0.0795. The van der Waals surface area contributed by atoms with E-state index in [1.807, 2.05) is 0 Å². The van der Waals surface area contributed by atoms with Crippen molar-refractivity contribution >= 4 is 11.4 Å². The molecule has 0 spiro atoms. The average Bonchev–Trinajstić information content (AvgIpc) is 1.63. The van der Waals surface area contributed by atoms with Gasteiger partial charge in [0.1, 0.15) is 0 Å². The molecule has 0 aromatic heterocycles. The Kier molecular flexibility index (Phi) is 6.63. The van der Waals surface area contributed by atoms with Gasteiger partial charge in [-0.15, -0.1) is 0 Å². The van der Waals surface area contributed by atoms with Crippen molar-refractivity contribution in [1.82, 2.24) is 0 Å². The Morgan fingerprint density at radius 2 is 1.50 bits per heavy atom. The number of allylic oxidation sites excluding steroid dienone is 1. The summed E-state index contributed by atoms with van der Waals surface area (Å²) < 4.78 is 54.8. The van der Waals surface area contributed by atoms with Gasteiger partial charge in [-0.2, -0.15) is 17.4 Å². The summed E-state index contributed by atoms with van der Waals surface area (Å²) in [6.45, 7) is 2.51. The fraction of sp³-hybridized carbons (Fsp3) is 0.333. The van der Waals surface area contributed by atoms with Crippen LogP contribution in [0, 0.1) is 0 Å². The summed E-state index contributed by atoms with van der Waals surface area (Å²) in [5.74, 6) is 0. The SMILES string of the molecule is C=CC(F)(F)F.O=S(O)O. The van der Waals surface area contributed by atoms with E-state index in [1.54, 1.807) is 0 Å². The van der Waals surface area contributed by atoms with E-state index in [1.165, 1.54) is 0 Å². The van der Waals surface area contributed by atoms with Crippen LogP contribution < -0.4 is 0 Å². The van der Waals surface area contributed by atoms with Crippen LogP contribution in [-0.2, 0) is 11.4 Å². The van der Waals surface area contributed by atoms with Crippen LogP contribution in [0.15, 0.2) is 12.7 Å². The summed E-state index contributed by atoms with van der Waals surface area (Å²) >= 11 is -2.61. The predicted molar refractivity (Wildman–Crippen MR) is 29.7 cm³/mol. The van der Waals surface area contributed by atoms with E-state index >= 15 is 0 Å². The number of alkyl halides is 3. The molecule has 0 aliphatic carbocycles. The zero-order chi connectivity index (χ0) is 8.78. The molecule has 0 aliphatic rings. The molecule has 0 amide bonds. The van der Waals surface area contributed by atoms with Gasteiger partial charge < -0.3 is 0 Å². The molecule has 0 aliphatic heterocycles. The predicted octanol–water partition coefficient (Wildman–Crippen LogP) is 1.42. The van der Waals surface area contributed by atoms with E-state index in [4.69, 9.17) is 13.3 Å². The van der Waals surface area contributed by atoms with Crippen molar-refractivity contribution in [3.05, 3.63) is 12.7 Å². The maximum Gasteiger partial charge on any atom is 0.409 e. The molecule has 62 valence electrons. The lowest BCUT2D eigenvalue weighted by Gasteiger charge is -1.91. The molecular weight excluding hydrogens is 173 g/mol. The number of hydrogen-bond donors (Lipinski definition) is 2. The van der Waals surface area contributed by atoms with E-state index in [2.05, 4.69) is 6.58 Å². The monoisotopic (exact) mass is 178 g/mol. The van der Waals surface area contributed by atoms with Crippen molar-refractivity contribution in [2.45, 2.75) is 6.18 Å². The fourth-order valence-electron chi connectivity index (χ4n) is 0. The molecule has 0 unspecified atom stereocenters. The first kappa shape index (κ1) is 12.3. The lowest BCUT2D eigenvalue weighted by atomic mass is 10.6. The van der Waals surface area contributed by atoms with Crippen LogP contribution in [0.5, 0.6) is 0 Å². The summed E-state index contributed by atoms with van der Waals surface area (Å²) in [6.07, 6.45) is -4.26. The standard InChI is InChI=1S/C3H3F3.H2O3S/c1-2-3(4,5)6;1-4(2)3/h2H,1H2;(H2,1,2,3). The quantitative estimate of drug-likeness (QED) is 0.435. The van der Waals surface area contributed by atoms with Gasteiger partial charge in [0.25, 0.3) is 11.4 Å². The first-order chi connectivity index (χ1) is 4.29. The molecule has 0 saturated carbocycles. The number of rotatable bonds is 0. The fourth-order valence-corrected chi connectivity index (χ4v) is 0. The molecule has 0 radical (unpaired) electrons. The second kappa shape index (κ2) is 5.39. The van der Waals surface area contributed by atoms with Crippen LogP contribution in [0.4, 0.5) is 13.2 Å². The maximum atomic E-state index is 10.7. The molecule has 0 rings (SSSR count). The molecule has 0 heterocycles. The van der Waals surface area contributed by atoms with Crippen LogP contribution in [-0.4, -0.2) is 19.5 Å². The van der Waals surface area contributed by atoms with Crippen molar-refractivity contribution < 1.29 is 26.5 Å². The molecule has 7 heteroatoms. The summed E-state index contributed by atoms with van der Waals surface area (Å²) in [5.41, 5.74) is 0. The Balaban J connectivity index is 0. The second-order valence-electron chi connectivity index (χ2n) is 0.976. The first-order valence-corrected chi connectivity index (χ1v) is 2.86. The third kappa shape index (κ3) is 49.0. The van der Waals surface area contributed by atoms with Gasteiger partial charge >= 0.3 is 6.18 Å². The van der Waals surface area contributed by atoms with E-state index < -0.39 is 17.5 Å². The Hall–Kier alpha value is -0.400. The summed E-state index contributed by atoms with van der Waals surface area (Å²) in [5, 5.41) is 0. The van der Waals surface area contributed by atoms with Gasteiger partial charge in [0.05, 0.1) is 0 Å². The van der Waals surface area contributed by atoms with Gasteiger partial charge in [-0.1, -0.05) is 6.58 Å². The molecule has 0 bridgehead atoms. The molecule has 0 atom stereocenters. The van der Waals surface area contributed by atoms with E-state index in [9.17, 15) is 13.2 Å². The van der Waals surface area contributed by atoms with Gasteiger partial charge in [-0.05, 0) is 0 Å². The van der Waals surface area contributed by atoms with Gasteiger partial charge in [0.15, 0.2) is 0 Å². The van der Waals surface area contributed by atoms with Gasteiger partial charge in [-0.3, -0.25) is 9.11 Å². The molecule has 3 nitrogen and oxygen atoms in total. The number of hydrogen-bond acceptors (Lipinski definition) is 1. The van der Waals surface area contributed by atoms with Crippen molar-refractivity contribution in [3.63, 3.8) is 0 Å². The van der Waals surface area contributed by atoms with Crippen LogP contribution in [0.3, 0.4) is 0 Å². The van der Waals surface area contributed by atoms with Crippen LogP contribution in [0.25, 0.3) is 0 Å². The molecule has 0 aromatic rings.